The number of rotatable bonds is 7. The SMILES string of the molecule is COc1ccc(CNC(=O)N2[C@H]3CN(Cc4ccc(F)cc4)C(=O)[C@H](Cc4ccccc4)N3C(=O)CN2C)cc1. The van der Waals surface area contributed by atoms with Crippen molar-refractivity contribution in [2.75, 3.05) is 27.2 Å². The van der Waals surface area contributed by atoms with Gasteiger partial charge >= 0.3 is 6.03 Å². The van der Waals surface area contributed by atoms with Crippen LogP contribution in [0.4, 0.5) is 9.18 Å². The van der Waals surface area contributed by atoms with Crippen molar-refractivity contribution in [1.82, 2.24) is 25.1 Å². The van der Waals surface area contributed by atoms with Gasteiger partial charge in [0.15, 0.2) is 0 Å². The summed E-state index contributed by atoms with van der Waals surface area (Å²) in [5.41, 5.74) is 2.55. The molecular formula is C30H32FN5O4. The number of nitrogens with zero attached hydrogens (tertiary/aromatic N) is 4. The second kappa shape index (κ2) is 11.7. The Bertz CT molecular complexity index is 1350. The van der Waals surface area contributed by atoms with E-state index in [0.717, 1.165) is 22.4 Å². The Morgan fingerprint density at radius 2 is 1.62 bits per heavy atom. The Balaban J connectivity index is 1.42. The average Bonchev–Trinajstić information content (AvgIpc) is 2.96. The molecule has 0 aliphatic carbocycles. The van der Waals surface area contributed by atoms with Gasteiger partial charge in [0.05, 0.1) is 20.2 Å². The van der Waals surface area contributed by atoms with Crippen molar-refractivity contribution in [2.45, 2.75) is 31.7 Å². The number of methoxy groups -OCH3 is 1. The molecule has 2 aliphatic rings. The van der Waals surface area contributed by atoms with Gasteiger partial charge in [0.25, 0.3) is 0 Å². The number of benzene rings is 3. The lowest BCUT2D eigenvalue weighted by molar-refractivity contribution is -0.187. The van der Waals surface area contributed by atoms with E-state index in [1.165, 1.54) is 17.1 Å². The first-order valence-electron chi connectivity index (χ1n) is 13.1. The zero-order valence-corrected chi connectivity index (χ0v) is 22.5. The molecule has 2 saturated heterocycles. The standard InChI is InChI=1S/C30H32FN5O4/c1-33-20-28(37)35-26(16-21-6-4-3-5-7-21)29(38)34(18-23-8-12-24(31)13-9-23)19-27(35)36(33)30(39)32-17-22-10-14-25(40-2)15-11-22/h3-15,26-27H,16-20H2,1-2H3,(H,32,39)/t26-,27-/m0/s1. The molecule has 0 bridgehead atoms. The summed E-state index contributed by atoms with van der Waals surface area (Å²) in [7, 11) is 3.28. The number of likely N-dealkylation sites (N-methyl/N-ethyl adjacent to an activating group) is 1. The second-order valence-corrected chi connectivity index (χ2v) is 10.00. The number of carbonyl (C=O) groups is 3. The molecule has 10 heteroatoms. The molecule has 2 fully saturated rings. The number of hydrogen-bond acceptors (Lipinski definition) is 5. The molecule has 4 amide bonds. The van der Waals surface area contributed by atoms with Gasteiger partial charge in [-0.1, -0.05) is 54.6 Å². The Hall–Kier alpha value is -4.44. The van der Waals surface area contributed by atoms with Crippen molar-refractivity contribution < 1.29 is 23.5 Å². The highest BCUT2D eigenvalue weighted by atomic mass is 19.1. The van der Waals surface area contributed by atoms with E-state index in [4.69, 9.17) is 4.74 Å². The Kier molecular flexibility index (Phi) is 7.97. The van der Waals surface area contributed by atoms with E-state index in [9.17, 15) is 18.8 Å². The summed E-state index contributed by atoms with van der Waals surface area (Å²) in [6.45, 7) is 0.587. The first kappa shape index (κ1) is 27.1. The first-order chi connectivity index (χ1) is 19.3. The summed E-state index contributed by atoms with van der Waals surface area (Å²) >= 11 is 0. The van der Waals surface area contributed by atoms with Crippen LogP contribution in [0.25, 0.3) is 0 Å². The third-order valence-corrected chi connectivity index (χ3v) is 7.31. The van der Waals surface area contributed by atoms with Gasteiger partial charge in [0, 0.05) is 26.6 Å². The van der Waals surface area contributed by atoms with Crippen molar-refractivity contribution in [3.63, 3.8) is 0 Å². The lowest BCUT2D eigenvalue weighted by atomic mass is 9.98. The minimum atomic E-state index is -0.792. The number of fused-ring (bicyclic) bond motifs is 1. The number of amides is 4. The fourth-order valence-corrected chi connectivity index (χ4v) is 5.30. The maximum Gasteiger partial charge on any atom is 0.334 e. The fraction of sp³-hybridized carbons (Fsp3) is 0.300. The van der Waals surface area contributed by atoms with Gasteiger partial charge in [-0.15, -0.1) is 0 Å². The highest BCUT2D eigenvalue weighted by Gasteiger charge is 2.50. The van der Waals surface area contributed by atoms with Crippen LogP contribution in [-0.4, -0.2) is 77.1 Å². The van der Waals surface area contributed by atoms with Gasteiger partial charge in [-0.05, 0) is 41.0 Å². The summed E-state index contributed by atoms with van der Waals surface area (Å²) < 4.78 is 18.7. The zero-order chi connectivity index (χ0) is 28.2. The molecule has 0 saturated carbocycles. The second-order valence-electron chi connectivity index (χ2n) is 10.00. The molecule has 1 N–H and O–H groups in total. The molecule has 2 atom stereocenters. The van der Waals surface area contributed by atoms with E-state index in [2.05, 4.69) is 5.32 Å². The van der Waals surface area contributed by atoms with Gasteiger partial charge in [-0.25, -0.2) is 19.2 Å². The summed E-state index contributed by atoms with van der Waals surface area (Å²) in [5.74, 6) is -0.0676. The molecule has 3 aromatic carbocycles. The van der Waals surface area contributed by atoms with E-state index in [1.54, 1.807) is 41.1 Å². The number of hydrazine groups is 1. The molecule has 2 heterocycles. The molecule has 0 spiro atoms. The number of carbonyl (C=O) groups excluding carboxylic acids is 3. The largest absolute Gasteiger partial charge is 0.497 e. The highest BCUT2D eigenvalue weighted by molar-refractivity contribution is 5.91. The van der Waals surface area contributed by atoms with Crippen molar-refractivity contribution in [2.24, 2.45) is 0 Å². The number of nitrogens with one attached hydrogen (secondary N) is 1. The normalized spacial score (nSPS) is 19.4. The minimum Gasteiger partial charge on any atom is -0.497 e. The third-order valence-electron chi connectivity index (χ3n) is 7.31. The molecular weight excluding hydrogens is 513 g/mol. The summed E-state index contributed by atoms with van der Waals surface area (Å²) in [6, 6.07) is 21.7. The van der Waals surface area contributed by atoms with Gasteiger partial charge in [0.1, 0.15) is 23.8 Å². The zero-order valence-electron chi connectivity index (χ0n) is 22.5. The predicted molar refractivity (Wildman–Crippen MR) is 146 cm³/mol. The summed E-state index contributed by atoms with van der Waals surface area (Å²) in [5, 5.41) is 6.07. The Morgan fingerprint density at radius 1 is 0.950 bits per heavy atom. The molecule has 5 rings (SSSR count). The number of hydrogen-bond donors (Lipinski definition) is 1. The maximum atomic E-state index is 13.8. The lowest BCUT2D eigenvalue weighted by Crippen LogP contribution is -2.76. The van der Waals surface area contributed by atoms with Crippen LogP contribution >= 0.6 is 0 Å². The molecule has 3 aromatic rings. The molecule has 9 nitrogen and oxygen atoms in total. The fourth-order valence-electron chi connectivity index (χ4n) is 5.30. The quantitative estimate of drug-likeness (QED) is 0.494. The van der Waals surface area contributed by atoms with Gasteiger partial charge in [-0.2, -0.15) is 0 Å². The van der Waals surface area contributed by atoms with Crippen molar-refractivity contribution in [1.29, 1.82) is 0 Å². The molecule has 0 radical (unpaired) electrons. The van der Waals surface area contributed by atoms with Gasteiger partial charge in [0.2, 0.25) is 11.8 Å². The van der Waals surface area contributed by atoms with E-state index in [-0.39, 0.29) is 49.8 Å². The van der Waals surface area contributed by atoms with E-state index in [0.29, 0.717) is 6.42 Å². The van der Waals surface area contributed by atoms with Crippen molar-refractivity contribution >= 4 is 17.8 Å². The number of urea groups is 1. The van der Waals surface area contributed by atoms with Crippen LogP contribution in [0.15, 0.2) is 78.9 Å². The van der Waals surface area contributed by atoms with Crippen LogP contribution in [-0.2, 0) is 29.1 Å². The van der Waals surface area contributed by atoms with Crippen LogP contribution in [0.5, 0.6) is 5.75 Å². The topological polar surface area (TPSA) is 85.4 Å². The highest BCUT2D eigenvalue weighted by Crippen LogP contribution is 2.29. The molecule has 0 unspecified atom stereocenters. The molecule has 2 aliphatic heterocycles. The van der Waals surface area contributed by atoms with Crippen molar-refractivity contribution in [3.05, 3.63) is 101 Å². The maximum absolute atomic E-state index is 13.8. The Labute approximate surface area is 232 Å². The van der Waals surface area contributed by atoms with Crippen LogP contribution in [0, 0.1) is 5.82 Å². The third kappa shape index (κ3) is 5.76. The predicted octanol–water partition coefficient (Wildman–Crippen LogP) is 3.01. The van der Waals surface area contributed by atoms with Gasteiger partial charge in [-0.3, -0.25) is 9.59 Å². The summed E-state index contributed by atoms with van der Waals surface area (Å²) in [4.78, 5) is 44.0. The van der Waals surface area contributed by atoms with Crippen LogP contribution in [0.2, 0.25) is 0 Å². The van der Waals surface area contributed by atoms with E-state index >= 15 is 0 Å². The number of ether oxygens (including phenoxy) is 1. The number of halogens is 1. The average molecular weight is 546 g/mol. The molecule has 208 valence electrons. The van der Waals surface area contributed by atoms with Crippen molar-refractivity contribution in [3.8, 4) is 5.75 Å². The van der Waals surface area contributed by atoms with Gasteiger partial charge < -0.3 is 19.9 Å². The minimum absolute atomic E-state index is 0.0387. The lowest BCUT2D eigenvalue weighted by Gasteiger charge is -2.54. The number of piperazine rings is 1. The van der Waals surface area contributed by atoms with E-state index in [1.807, 2.05) is 54.6 Å². The first-order valence-corrected chi connectivity index (χ1v) is 13.1. The summed E-state index contributed by atoms with van der Waals surface area (Å²) in [6.07, 6.45) is -0.402. The van der Waals surface area contributed by atoms with Crippen LogP contribution < -0.4 is 10.1 Å². The smallest absolute Gasteiger partial charge is 0.334 e. The molecule has 40 heavy (non-hydrogen) atoms. The molecule has 0 aromatic heterocycles. The Morgan fingerprint density at radius 3 is 2.30 bits per heavy atom. The van der Waals surface area contributed by atoms with Crippen LogP contribution in [0.3, 0.4) is 0 Å². The van der Waals surface area contributed by atoms with E-state index < -0.39 is 12.2 Å². The monoisotopic (exact) mass is 545 g/mol. The van der Waals surface area contributed by atoms with Crippen LogP contribution in [0.1, 0.15) is 16.7 Å².